The molecule has 0 aliphatic carbocycles. The molecule has 1 atom stereocenters. The van der Waals surface area contributed by atoms with Crippen LogP contribution >= 0.6 is 22.9 Å². The van der Waals surface area contributed by atoms with E-state index in [0.717, 1.165) is 21.8 Å². The fraction of sp³-hybridized carbons (Fsp3) is 0.0909. The van der Waals surface area contributed by atoms with Crippen LogP contribution in [0, 0.1) is 10.1 Å². The number of nitrogens with zero attached hydrogens (tertiary/aromatic N) is 3. The summed E-state index contributed by atoms with van der Waals surface area (Å²) in [5, 5.41) is 18.2. The first-order valence-corrected chi connectivity index (χ1v) is 10.4. The minimum Gasteiger partial charge on any atom is -0.374 e. The van der Waals surface area contributed by atoms with E-state index in [1.807, 2.05) is 53.9 Å². The molecule has 30 heavy (non-hydrogen) atoms. The molecule has 4 rings (SSSR count). The van der Waals surface area contributed by atoms with Gasteiger partial charge < -0.3 is 5.32 Å². The van der Waals surface area contributed by atoms with Gasteiger partial charge in [0.1, 0.15) is 10.7 Å². The van der Waals surface area contributed by atoms with E-state index in [4.69, 9.17) is 11.6 Å². The quantitative estimate of drug-likeness (QED) is 0.288. The molecular formula is C22H17ClN4O2S. The Morgan fingerprint density at radius 2 is 1.83 bits per heavy atom. The van der Waals surface area contributed by atoms with Gasteiger partial charge in [-0.15, -0.1) is 11.3 Å². The van der Waals surface area contributed by atoms with E-state index >= 15 is 0 Å². The highest BCUT2D eigenvalue weighted by atomic mass is 35.5. The summed E-state index contributed by atoms with van der Waals surface area (Å²) in [6, 6.07) is 18.3. The lowest BCUT2D eigenvalue weighted by atomic mass is 9.91. The molecule has 0 spiro atoms. The molecule has 1 unspecified atom stereocenters. The zero-order valence-electron chi connectivity index (χ0n) is 15.7. The van der Waals surface area contributed by atoms with Crippen LogP contribution in [-0.4, -0.2) is 14.9 Å². The Balaban J connectivity index is 1.74. The third-order valence-corrected chi connectivity index (χ3v) is 5.73. The van der Waals surface area contributed by atoms with Crippen molar-refractivity contribution in [3.05, 3.63) is 115 Å². The average molecular weight is 437 g/mol. The Kier molecular flexibility index (Phi) is 6.02. The molecule has 0 aliphatic rings. The second-order valence-corrected chi connectivity index (χ2v) is 7.93. The van der Waals surface area contributed by atoms with Crippen molar-refractivity contribution in [2.24, 2.45) is 0 Å². The predicted molar refractivity (Wildman–Crippen MR) is 119 cm³/mol. The largest absolute Gasteiger partial charge is 0.374 e. The Morgan fingerprint density at radius 1 is 1.03 bits per heavy atom. The Labute approximate surface area is 182 Å². The van der Waals surface area contributed by atoms with E-state index in [1.54, 1.807) is 29.8 Å². The van der Waals surface area contributed by atoms with Gasteiger partial charge in [-0.2, -0.15) is 0 Å². The summed E-state index contributed by atoms with van der Waals surface area (Å²) in [6.45, 7) is 0.383. The van der Waals surface area contributed by atoms with Gasteiger partial charge in [0.05, 0.1) is 23.1 Å². The second-order valence-electron chi connectivity index (χ2n) is 6.56. The van der Waals surface area contributed by atoms with Gasteiger partial charge in [0, 0.05) is 28.9 Å². The third kappa shape index (κ3) is 4.48. The number of rotatable bonds is 7. The van der Waals surface area contributed by atoms with Gasteiger partial charge in [-0.3, -0.25) is 15.1 Å². The highest BCUT2D eigenvalue weighted by Crippen LogP contribution is 2.37. The van der Waals surface area contributed by atoms with Gasteiger partial charge in [0.15, 0.2) is 0 Å². The maximum absolute atomic E-state index is 11.6. The number of benzene rings is 2. The topological polar surface area (TPSA) is 81.0 Å². The number of hydrogen-bond acceptors (Lipinski definition) is 6. The van der Waals surface area contributed by atoms with E-state index in [-0.39, 0.29) is 16.5 Å². The molecule has 0 fully saturated rings. The standard InChI is InChI=1S/C22H17ClN4O2S/c23-17-7-4-15(5-8-17)21(22-25-11-12-30-22)16-6-9-20(27(28)29)19(13-16)26-14-18-3-1-2-10-24-18/h1-13,21,26H,14H2. The van der Waals surface area contributed by atoms with Crippen LogP contribution in [0.4, 0.5) is 11.4 Å². The summed E-state index contributed by atoms with van der Waals surface area (Å²) >= 11 is 7.61. The first kappa shape index (κ1) is 20.0. The molecule has 2 aromatic heterocycles. The number of hydrogen-bond donors (Lipinski definition) is 1. The maximum atomic E-state index is 11.6. The predicted octanol–water partition coefficient (Wildman–Crippen LogP) is 5.89. The van der Waals surface area contributed by atoms with Crippen LogP contribution in [0.2, 0.25) is 5.02 Å². The summed E-state index contributed by atoms with van der Waals surface area (Å²) in [5.41, 5.74) is 3.17. The highest BCUT2D eigenvalue weighted by Gasteiger charge is 2.23. The van der Waals surface area contributed by atoms with Gasteiger partial charge in [-0.25, -0.2) is 4.98 Å². The molecule has 2 aromatic carbocycles. The summed E-state index contributed by atoms with van der Waals surface area (Å²) in [7, 11) is 0. The Morgan fingerprint density at radius 3 is 2.50 bits per heavy atom. The number of anilines is 1. The lowest BCUT2D eigenvalue weighted by Crippen LogP contribution is -2.07. The number of thiazole rings is 1. The van der Waals surface area contributed by atoms with E-state index in [9.17, 15) is 10.1 Å². The lowest BCUT2D eigenvalue weighted by Gasteiger charge is -2.17. The number of aromatic nitrogens is 2. The van der Waals surface area contributed by atoms with Crippen molar-refractivity contribution >= 4 is 34.3 Å². The molecular weight excluding hydrogens is 420 g/mol. The molecule has 1 N–H and O–H groups in total. The van der Waals surface area contributed by atoms with Crippen LogP contribution in [0.25, 0.3) is 0 Å². The van der Waals surface area contributed by atoms with Crippen LogP contribution < -0.4 is 5.32 Å². The van der Waals surface area contributed by atoms with Crippen molar-refractivity contribution in [1.29, 1.82) is 0 Å². The lowest BCUT2D eigenvalue weighted by molar-refractivity contribution is -0.384. The van der Waals surface area contributed by atoms with E-state index in [0.29, 0.717) is 17.3 Å². The minimum atomic E-state index is -0.384. The molecule has 4 aromatic rings. The minimum absolute atomic E-state index is 0.0173. The van der Waals surface area contributed by atoms with E-state index in [2.05, 4.69) is 15.3 Å². The first-order valence-electron chi connectivity index (χ1n) is 9.19. The number of halogens is 1. The van der Waals surface area contributed by atoms with Crippen LogP contribution in [0.15, 0.2) is 78.4 Å². The monoisotopic (exact) mass is 436 g/mol. The second kappa shape index (κ2) is 9.02. The van der Waals surface area contributed by atoms with Crippen molar-refractivity contribution in [3.8, 4) is 0 Å². The smallest absolute Gasteiger partial charge is 0.292 e. The molecule has 0 saturated heterocycles. The number of nitro benzene ring substituents is 1. The van der Waals surface area contributed by atoms with Gasteiger partial charge >= 0.3 is 0 Å². The van der Waals surface area contributed by atoms with Crippen molar-refractivity contribution < 1.29 is 4.92 Å². The third-order valence-electron chi connectivity index (χ3n) is 4.64. The van der Waals surface area contributed by atoms with Crippen molar-refractivity contribution in [1.82, 2.24) is 9.97 Å². The van der Waals surface area contributed by atoms with Gasteiger partial charge in [0.25, 0.3) is 5.69 Å². The molecule has 0 radical (unpaired) electrons. The molecule has 8 heteroatoms. The summed E-state index contributed by atoms with van der Waals surface area (Å²) in [4.78, 5) is 20.0. The number of nitro groups is 1. The normalized spacial score (nSPS) is 11.8. The van der Waals surface area contributed by atoms with Crippen LogP contribution in [0.5, 0.6) is 0 Å². The van der Waals surface area contributed by atoms with Crippen molar-refractivity contribution in [3.63, 3.8) is 0 Å². The fourth-order valence-corrected chi connectivity index (χ4v) is 4.15. The molecule has 6 nitrogen and oxygen atoms in total. The van der Waals surface area contributed by atoms with Crippen molar-refractivity contribution in [2.75, 3.05) is 5.32 Å². The molecule has 2 heterocycles. The summed E-state index contributed by atoms with van der Waals surface area (Å²) < 4.78 is 0. The zero-order chi connectivity index (χ0) is 20.9. The highest BCUT2D eigenvalue weighted by molar-refractivity contribution is 7.09. The first-order chi connectivity index (χ1) is 14.6. The molecule has 150 valence electrons. The molecule has 0 bridgehead atoms. The van der Waals surface area contributed by atoms with Gasteiger partial charge in [-0.05, 0) is 41.5 Å². The SMILES string of the molecule is O=[N+]([O-])c1ccc(C(c2ccc(Cl)cc2)c2nccs2)cc1NCc1ccccn1. The van der Waals surface area contributed by atoms with Crippen LogP contribution in [-0.2, 0) is 6.54 Å². The molecule has 0 saturated carbocycles. The van der Waals surface area contributed by atoms with Crippen molar-refractivity contribution in [2.45, 2.75) is 12.5 Å². The Bertz CT molecular complexity index is 1140. The molecule has 0 amide bonds. The van der Waals surface area contributed by atoms with Gasteiger partial charge in [0.2, 0.25) is 0 Å². The molecule has 0 aliphatic heterocycles. The summed E-state index contributed by atoms with van der Waals surface area (Å²) in [6.07, 6.45) is 3.45. The summed E-state index contributed by atoms with van der Waals surface area (Å²) in [5.74, 6) is -0.154. The Hall–Kier alpha value is -3.29. The van der Waals surface area contributed by atoms with E-state index < -0.39 is 0 Å². The van der Waals surface area contributed by atoms with Crippen LogP contribution in [0.1, 0.15) is 27.7 Å². The number of nitrogens with one attached hydrogen (secondary N) is 1. The maximum Gasteiger partial charge on any atom is 0.292 e. The van der Waals surface area contributed by atoms with Gasteiger partial charge in [-0.1, -0.05) is 35.9 Å². The van der Waals surface area contributed by atoms with Crippen LogP contribution in [0.3, 0.4) is 0 Å². The van der Waals surface area contributed by atoms with E-state index in [1.165, 1.54) is 6.07 Å². The average Bonchev–Trinajstić information content (AvgIpc) is 3.29. The zero-order valence-corrected chi connectivity index (χ0v) is 17.3. The fourth-order valence-electron chi connectivity index (χ4n) is 3.23. The number of pyridine rings is 1.